The summed E-state index contributed by atoms with van der Waals surface area (Å²) >= 11 is 0. The molecule has 2 unspecified atom stereocenters. The van der Waals surface area contributed by atoms with Crippen LogP contribution in [0.1, 0.15) is 51.7 Å². The molecule has 4 nitrogen and oxygen atoms in total. The lowest BCUT2D eigenvalue weighted by Crippen LogP contribution is -2.08. The highest BCUT2D eigenvalue weighted by Crippen LogP contribution is 2.35. The molecule has 0 aliphatic carbocycles. The Morgan fingerprint density at radius 1 is 1.10 bits per heavy atom. The highest BCUT2D eigenvalue weighted by Gasteiger charge is 2.17. The molecule has 0 spiro atoms. The van der Waals surface area contributed by atoms with Gasteiger partial charge < -0.3 is 19.3 Å². The summed E-state index contributed by atoms with van der Waals surface area (Å²) in [6.07, 6.45) is 2.61. The van der Waals surface area contributed by atoms with Gasteiger partial charge in [-0.15, -0.1) is 0 Å². The van der Waals surface area contributed by atoms with Crippen LogP contribution in [0.3, 0.4) is 0 Å². The fourth-order valence-electron chi connectivity index (χ4n) is 2.38. The first-order valence-electron chi connectivity index (χ1n) is 7.75. The minimum atomic E-state index is -0.451. The molecule has 1 aromatic carbocycles. The van der Waals surface area contributed by atoms with Gasteiger partial charge in [-0.3, -0.25) is 0 Å². The Bertz CT molecular complexity index is 444. The van der Waals surface area contributed by atoms with E-state index in [1.807, 2.05) is 32.0 Å². The van der Waals surface area contributed by atoms with Gasteiger partial charge in [-0.2, -0.15) is 0 Å². The van der Waals surface area contributed by atoms with E-state index in [0.29, 0.717) is 5.92 Å². The summed E-state index contributed by atoms with van der Waals surface area (Å²) in [5.41, 5.74) is 0.893. The quantitative estimate of drug-likeness (QED) is 0.794. The molecule has 0 saturated carbocycles. The number of hydrogen-bond acceptors (Lipinski definition) is 4. The minimum Gasteiger partial charge on any atom is -0.454 e. The van der Waals surface area contributed by atoms with Gasteiger partial charge in [-0.1, -0.05) is 13.0 Å². The first kappa shape index (κ1) is 16.1. The predicted octanol–water partition coefficient (Wildman–Crippen LogP) is 3.68. The van der Waals surface area contributed by atoms with Crippen LogP contribution >= 0.6 is 0 Å². The SMILES string of the molecule is CC(CCOC(C)C)CCC(O)c1ccc2c(c1)OCO2. The van der Waals surface area contributed by atoms with E-state index >= 15 is 0 Å². The average molecular weight is 294 g/mol. The molecular formula is C17H26O4. The number of aliphatic hydroxyl groups is 1. The van der Waals surface area contributed by atoms with Gasteiger partial charge in [0.1, 0.15) is 0 Å². The number of ether oxygens (including phenoxy) is 3. The summed E-state index contributed by atoms with van der Waals surface area (Å²) in [6, 6.07) is 5.64. The molecule has 0 fully saturated rings. The zero-order valence-electron chi connectivity index (χ0n) is 13.2. The van der Waals surface area contributed by atoms with E-state index < -0.39 is 6.10 Å². The Labute approximate surface area is 127 Å². The minimum absolute atomic E-state index is 0.266. The van der Waals surface area contributed by atoms with Gasteiger partial charge in [0.25, 0.3) is 0 Å². The van der Waals surface area contributed by atoms with Crippen LogP contribution < -0.4 is 9.47 Å². The molecule has 1 aliphatic heterocycles. The number of benzene rings is 1. The highest BCUT2D eigenvalue weighted by molar-refractivity contribution is 5.45. The van der Waals surface area contributed by atoms with Crippen LogP contribution in [0, 0.1) is 5.92 Å². The standard InChI is InChI=1S/C17H26O4/c1-12(2)19-9-8-13(3)4-6-15(18)14-5-7-16-17(10-14)21-11-20-16/h5,7,10,12-13,15,18H,4,6,8-9,11H2,1-3H3. The van der Waals surface area contributed by atoms with E-state index in [2.05, 4.69) is 6.92 Å². The van der Waals surface area contributed by atoms with Crippen molar-refractivity contribution in [3.63, 3.8) is 0 Å². The molecule has 1 N–H and O–H groups in total. The van der Waals surface area contributed by atoms with Gasteiger partial charge >= 0.3 is 0 Å². The van der Waals surface area contributed by atoms with Crippen LogP contribution in [-0.4, -0.2) is 24.6 Å². The summed E-state index contributed by atoms with van der Waals surface area (Å²) in [5.74, 6) is 2.03. The summed E-state index contributed by atoms with van der Waals surface area (Å²) in [5, 5.41) is 10.3. The van der Waals surface area contributed by atoms with Crippen molar-refractivity contribution in [1.29, 1.82) is 0 Å². The van der Waals surface area contributed by atoms with E-state index in [1.54, 1.807) is 0 Å². The summed E-state index contributed by atoms with van der Waals surface area (Å²) in [6.45, 7) is 7.36. The first-order valence-corrected chi connectivity index (χ1v) is 7.75. The van der Waals surface area contributed by atoms with Crippen molar-refractivity contribution in [3.8, 4) is 11.5 Å². The number of aliphatic hydroxyl groups excluding tert-OH is 1. The van der Waals surface area contributed by atoms with Gasteiger partial charge in [-0.25, -0.2) is 0 Å². The predicted molar refractivity (Wildman–Crippen MR) is 81.6 cm³/mol. The van der Waals surface area contributed by atoms with E-state index in [9.17, 15) is 5.11 Å². The Morgan fingerprint density at radius 2 is 1.86 bits per heavy atom. The van der Waals surface area contributed by atoms with Crippen molar-refractivity contribution in [1.82, 2.24) is 0 Å². The fraction of sp³-hybridized carbons (Fsp3) is 0.647. The van der Waals surface area contributed by atoms with Gasteiger partial charge in [0.15, 0.2) is 11.5 Å². The largest absolute Gasteiger partial charge is 0.454 e. The van der Waals surface area contributed by atoms with E-state index in [0.717, 1.165) is 42.9 Å². The second kappa shape index (κ2) is 7.66. The first-order chi connectivity index (χ1) is 10.1. The monoisotopic (exact) mass is 294 g/mol. The molecule has 1 heterocycles. The zero-order valence-corrected chi connectivity index (χ0v) is 13.2. The summed E-state index contributed by atoms with van der Waals surface area (Å²) < 4.78 is 16.2. The molecule has 21 heavy (non-hydrogen) atoms. The maximum Gasteiger partial charge on any atom is 0.231 e. The zero-order chi connectivity index (χ0) is 15.2. The number of fused-ring (bicyclic) bond motifs is 1. The van der Waals surface area contributed by atoms with Gasteiger partial charge in [-0.05, 0) is 56.7 Å². The Hall–Kier alpha value is -1.26. The van der Waals surface area contributed by atoms with Crippen LogP contribution in [0.4, 0.5) is 0 Å². The molecule has 0 saturated heterocycles. The van der Waals surface area contributed by atoms with Crippen molar-refractivity contribution in [3.05, 3.63) is 23.8 Å². The van der Waals surface area contributed by atoms with Gasteiger partial charge in [0, 0.05) is 6.61 Å². The molecule has 2 rings (SSSR count). The van der Waals surface area contributed by atoms with Crippen molar-refractivity contribution >= 4 is 0 Å². The lowest BCUT2D eigenvalue weighted by molar-refractivity contribution is 0.0669. The molecule has 118 valence electrons. The second-order valence-electron chi connectivity index (χ2n) is 6.02. The van der Waals surface area contributed by atoms with Crippen LogP contribution in [-0.2, 0) is 4.74 Å². The van der Waals surface area contributed by atoms with Crippen molar-refractivity contribution in [2.24, 2.45) is 5.92 Å². The molecule has 0 aromatic heterocycles. The third-order valence-electron chi connectivity index (χ3n) is 3.78. The number of rotatable bonds is 8. The third kappa shape index (κ3) is 4.90. The second-order valence-corrected chi connectivity index (χ2v) is 6.02. The maximum absolute atomic E-state index is 10.3. The third-order valence-corrected chi connectivity index (χ3v) is 3.78. The Morgan fingerprint density at radius 3 is 2.62 bits per heavy atom. The van der Waals surface area contributed by atoms with E-state index in [4.69, 9.17) is 14.2 Å². The smallest absolute Gasteiger partial charge is 0.231 e. The Kier molecular flexibility index (Phi) is 5.88. The normalized spacial score (nSPS) is 16.2. The van der Waals surface area contributed by atoms with Crippen LogP contribution in [0.15, 0.2) is 18.2 Å². The summed E-state index contributed by atoms with van der Waals surface area (Å²) in [7, 11) is 0. The van der Waals surface area contributed by atoms with Crippen molar-refractivity contribution in [2.45, 2.75) is 52.2 Å². The molecule has 1 aliphatic rings. The van der Waals surface area contributed by atoms with E-state index in [1.165, 1.54) is 0 Å². The van der Waals surface area contributed by atoms with Crippen LogP contribution in [0.25, 0.3) is 0 Å². The molecule has 0 bridgehead atoms. The topological polar surface area (TPSA) is 47.9 Å². The molecule has 0 radical (unpaired) electrons. The van der Waals surface area contributed by atoms with Gasteiger partial charge in [0.2, 0.25) is 6.79 Å². The van der Waals surface area contributed by atoms with Crippen LogP contribution in [0.2, 0.25) is 0 Å². The van der Waals surface area contributed by atoms with Crippen molar-refractivity contribution < 1.29 is 19.3 Å². The molecule has 1 aromatic rings. The van der Waals surface area contributed by atoms with Gasteiger partial charge in [0.05, 0.1) is 12.2 Å². The fourth-order valence-corrected chi connectivity index (χ4v) is 2.38. The van der Waals surface area contributed by atoms with Crippen molar-refractivity contribution in [2.75, 3.05) is 13.4 Å². The Balaban J connectivity index is 1.75. The molecule has 4 heteroatoms. The summed E-state index contributed by atoms with van der Waals surface area (Å²) in [4.78, 5) is 0. The molecular weight excluding hydrogens is 268 g/mol. The van der Waals surface area contributed by atoms with E-state index in [-0.39, 0.29) is 12.9 Å². The number of hydrogen-bond donors (Lipinski definition) is 1. The lowest BCUT2D eigenvalue weighted by Gasteiger charge is -2.16. The highest BCUT2D eigenvalue weighted by atomic mass is 16.7. The average Bonchev–Trinajstić information content (AvgIpc) is 2.91. The molecule has 2 atom stereocenters. The maximum atomic E-state index is 10.3. The lowest BCUT2D eigenvalue weighted by atomic mass is 9.96. The van der Waals surface area contributed by atoms with Crippen LogP contribution in [0.5, 0.6) is 11.5 Å². The molecule has 0 amide bonds.